The Hall–Kier alpha value is -1.17. The van der Waals surface area contributed by atoms with E-state index in [0.29, 0.717) is 17.9 Å². The Morgan fingerprint density at radius 1 is 1.42 bits per heavy atom. The van der Waals surface area contributed by atoms with Gasteiger partial charge in [0, 0.05) is 12.1 Å². The topological polar surface area (TPSA) is 50.7 Å². The first-order chi connectivity index (χ1) is 8.87. The number of likely N-dealkylation sites (N-methyl/N-ethyl adjacent to an activating group) is 1. The van der Waals surface area contributed by atoms with E-state index >= 15 is 0 Å². The van der Waals surface area contributed by atoms with E-state index in [1.165, 1.54) is 19.2 Å². The molecule has 4 nitrogen and oxygen atoms in total. The number of hydrogen-bond donors (Lipinski definition) is 2. The van der Waals surface area contributed by atoms with Crippen LogP contribution in [-0.4, -0.2) is 38.0 Å². The molecule has 1 aromatic carbocycles. The Labute approximate surface area is 113 Å². The molecule has 5 heteroatoms. The lowest BCUT2D eigenvalue weighted by molar-refractivity contribution is -0.0536. The van der Waals surface area contributed by atoms with Gasteiger partial charge in [-0.25, -0.2) is 4.39 Å². The van der Waals surface area contributed by atoms with Crippen LogP contribution in [0.3, 0.4) is 0 Å². The maximum absolute atomic E-state index is 13.4. The van der Waals surface area contributed by atoms with E-state index in [0.717, 1.165) is 0 Å². The highest BCUT2D eigenvalue weighted by Gasteiger charge is 2.21. The molecule has 0 aliphatic carbocycles. The van der Waals surface area contributed by atoms with E-state index in [4.69, 9.17) is 9.47 Å². The number of nitrogens with one attached hydrogen (secondary N) is 1. The first-order valence-electron chi connectivity index (χ1n) is 6.19. The highest BCUT2D eigenvalue weighted by molar-refractivity contribution is 5.36. The van der Waals surface area contributed by atoms with Crippen LogP contribution >= 0.6 is 0 Å². The van der Waals surface area contributed by atoms with Crippen LogP contribution in [0.25, 0.3) is 0 Å². The largest absolute Gasteiger partial charge is 0.496 e. The van der Waals surface area contributed by atoms with Gasteiger partial charge in [0.2, 0.25) is 0 Å². The molecule has 0 aromatic heterocycles. The minimum Gasteiger partial charge on any atom is -0.496 e. The summed E-state index contributed by atoms with van der Waals surface area (Å²) in [5, 5.41) is 12.7. The second-order valence-corrected chi connectivity index (χ2v) is 5.06. The summed E-state index contributed by atoms with van der Waals surface area (Å²) in [7, 11) is 3.31. The average molecular weight is 271 g/mol. The molecule has 19 heavy (non-hydrogen) atoms. The fourth-order valence-corrected chi connectivity index (χ4v) is 1.71. The molecule has 108 valence electrons. The first-order valence-corrected chi connectivity index (χ1v) is 6.19. The molecule has 0 saturated heterocycles. The normalized spacial score (nSPS) is 13.4. The summed E-state index contributed by atoms with van der Waals surface area (Å²) < 4.78 is 24.3. The fourth-order valence-electron chi connectivity index (χ4n) is 1.71. The third-order valence-electron chi connectivity index (χ3n) is 2.57. The maximum atomic E-state index is 13.4. The molecular weight excluding hydrogens is 249 g/mol. The van der Waals surface area contributed by atoms with Gasteiger partial charge in [-0.3, -0.25) is 0 Å². The monoisotopic (exact) mass is 271 g/mol. The summed E-state index contributed by atoms with van der Waals surface area (Å²) in [5.41, 5.74) is -0.312. The SMILES string of the molecule is CNC[C@H](OCC(C)(C)O)c1cc(F)ccc1OC. The molecular formula is C14H22FNO3. The van der Waals surface area contributed by atoms with Gasteiger partial charge in [0.1, 0.15) is 11.6 Å². The maximum Gasteiger partial charge on any atom is 0.124 e. The highest BCUT2D eigenvalue weighted by Crippen LogP contribution is 2.28. The smallest absolute Gasteiger partial charge is 0.124 e. The average Bonchev–Trinajstić information content (AvgIpc) is 2.33. The Morgan fingerprint density at radius 3 is 2.63 bits per heavy atom. The molecule has 2 N–H and O–H groups in total. The number of hydrogen-bond acceptors (Lipinski definition) is 4. The van der Waals surface area contributed by atoms with Crippen LogP contribution in [0.4, 0.5) is 4.39 Å². The number of methoxy groups -OCH3 is 1. The van der Waals surface area contributed by atoms with E-state index in [-0.39, 0.29) is 18.5 Å². The number of aliphatic hydroxyl groups is 1. The van der Waals surface area contributed by atoms with Crippen LogP contribution in [0.1, 0.15) is 25.5 Å². The van der Waals surface area contributed by atoms with Crippen LogP contribution < -0.4 is 10.1 Å². The van der Waals surface area contributed by atoms with Crippen molar-refractivity contribution in [2.24, 2.45) is 0 Å². The molecule has 0 spiro atoms. The molecule has 0 unspecified atom stereocenters. The Bertz CT molecular complexity index is 404. The van der Waals surface area contributed by atoms with Gasteiger partial charge in [0.25, 0.3) is 0 Å². The molecule has 0 aliphatic rings. The predicted molar refractivity (Wildman–Crippen MR) is 71.9 cm³/mol. The number of rotatable bonds is 7. The molecule has 0 saturated carbocycles. The van der Waals surface area contributed by atoms with Gasteiger partial charge in [-0.15, -0.1) is 0 Å². The van der Waals surface area contributed by atoms with Crippen molar-refractivity contribution in [3.63, 3.8) is 0 Å². The minimum absolute atomic E-state index is 0.152. The van der Waals surface area contributed by atoms with Crippen molar-refractivity contribution in [2.75, 3.05) is 27.3 Å². The van der Waals surface area contributed by atoms with Crippen molar-refractivity contribution in [3.8, 4) is 5.75 Å². The third kappa shape index (κ3) is 5.14. The zero-order valence-electron chi connectivity index (χ0n) is 11.9. The van der Waals surface area contributed by atoms with Gasteiger partial charge in [-0.2, -0.15) is 0 Å². The number of ether oxygens (including phenoxy) is 2. The van der Waals surface area contributed by atoms with Gasteiger partial charge in [-0.1, -0.05) is 0 Å². The molecule has 0 aliphatic heterocycles. The number of halogens is 1. The number of benzene rings is 1. The van der Waals surface area contributed by atoms with Crippen LogP contribution in [0.15, 0.2) is 18.2 Å². The summed E-state index contributed by atoms with van der Waals surface area (Å²) >= 11 is 0. The third-order valence-corrected chi connectivity index (χ3v) is 2.57. The molecule has 0 heterocycles. The predicted octanol–water partition coefficient (Wildman–Crippen LogP) is 1.88. The van der Waals surface area contributed by atoms with Gasteiger partial charge >= 0.3 is 0 Å². The quantitative estimate of drug-likeness (QED) is 0.795. The standard InChI is InChI=1S/C14H22FNO3/c1-14(2,17)9-19-13(8-16-3)11-7-10(15)5-6-12(11)18-4/h5-7,13,16-17H,8-9H2,1-4H3/t13-/m0/s1. The van der Waals surface area contributed by atoms with Gasteiger partial charge in [-0.05, 0) is 39.1 Å². The van der Waals surface area contributed by atoms with Crippen LogP contribution in [0, 0.1) is 5.82 Å². The summed E-state index contributed by atoms with van der Waals surface area (Å²) in [5.74, 6) is 0.223. The Morgan fingerprint density at radius 2 is 2.11 bits per heavy atom. The lowest BCUT2D eigenvalue weighted by Crippen LogP contribution is -2.30. The van der Waals surface area contributed by atoms with Crippen LogP contribution in [0.5, 0.6) is 5.75 Å². The van der Waals surface area contributed by atoms with Crippen molar-refractivity contribution in [3.05, 3.63) is 29.6 Å². The summed E-state index contributed by atoms with van der Waals surface area (Å²) in [4.78, 5) is 0. The van der Waals surface area contributed by atoms with Gasteiger partial charge in [0.15, 0.2) is 0 Å². The molecule has 0 fully saturated rings. The highest BCUT2D eigenvalue weighted by atomic mass is 19.1. The molecule has 1 rings (SSSR count). The van der Waals surface area contributed by atoms with Crippen LogP contribution in [-0.2, 0) is 4.74 Å². The van der Waals surface area contributed by atoms with Crippen molar-refractivity contribution >= 4 is 0 Å². The lowest BCUT2D eigenvalue weighted by atomic mass is 10.1. The molecule has 1 aromatic rings. The Balaban J connectivity index is 2.94. The van der Waals surface area contributed by atoms with Crippen molar-refractivity contribution < 1.29 is 19.0 Å². The van der Waals surface area contributed by atoms with Crippen LogP contribution in [0.2, 0.25) is 0 Å². The second-order valence-electron chi connectivity index (χ2n) is 5.06. The van der Waals surface area contributed by atoms with E-state index in [9.17, 15) is 9.50 Å². The second kappa shape index (κ2) is 6.84. The van der Waals surface area contributed by atoms with E-state index < -0.39 is 5.60 Å². The van der Waals surface area contributed by atoms with Gasteiger partial charge in [0.05, 0.1) is 25.4 Å². The first kappa shape index (κ1) is 15.9. The molecule has 0 amide bonds. The Kier molecular flexibility index (Phi) is 5.72. The zero-order chi connectivity index (χ0) is 14.5. The molecule has 0 bridgehead atoms. The van der Waals surface area contributed by atoms with E-state index in [1.807, 2.05) is 0 Å². The minimum atomic E-state index is -0.938. The molecule has 0 radical (unpaired) electrons. The lowest BCUT2D eigenvalue weighted by Gasteiger charge is -2.24. The zero-order valence-corrected chi connectivity index (χ0v) is 11.9. The van der Waals surface area contributed by atoms with E-state index in [1.54, 1.807) is 27.0 Å². The fraction of sp³-hybridized carbons (Fsp3) is 0.571. The van der Waals surface area contributed by atoms with Crippen molar-refractivity contribution in [2.45, 2.75) is 25.6 Å². The van der Waals surface area contributed by atoms with Crippen molar-refractivity contribution in [1.29, 1.82) is 0 Å². The summed E-state index contributed by atoms with van der Waals surface area (Å²) in [6.07, 6.45) is -0.387. The summed E-state index contributed by atoms with van der Waals surface area (Å²) in [6, 6.07) is 4.31. The van der Waals surface area contributed by atoms with Crippen molar-refractivity contribution in [1.82, 2.24) is 5.32 Å². The van der Waals surface area contributed by atoms with E-state index in [2.05, 4.69) is 5.32 Å². The summed E-state index contributed by atoms with van der Waals surface area (Å²) in [6.45, 7) is 3.97. The van der Waals surface area contributed by atoms with Gasteiger partial charge < -0.3 is 19.9 Å². The molecule has 1 atom stereocenters.